The van der Waals surface area contributed by atoms with E-state index in [4.69, 9.17) is 5.73 Å². The fraction of sp³-hybridized carbons (Fsp3) is 0.682. The molecule has 0 amide bonds. The molecule has 5 nitrogen and oxygen atoms in total. The predicted molar refractivity (Wildman–Crippen MR) is 129 cm³/mol. The van der Waals surface area contributed by atoms with Crippen LogP contribution in [-0.2, 0) is 13.1 Å². The van der Waals surface area contributed by atoms with Crippen LogP contribution in [0.5, 0.6) is 0 Å². The number of piperidine rings is 1. The van der Waals surface area contributed by atoms with Gasteiger partial charge in [0.1, 0.15) is 0 Å². The maximum atomic E-state index is 9.60. The summed E-state index contributed by atoms with van der Waals surface area (Å²) in [6, 6.07) is 8.98. The minimum atomic E-state index is -0.113. The molecule has 28 heavy (non-hydrogen) atoms. The van der Waals surface area contributed by atoms with Gasteiger partial charge in [-0.05, 0) is 43.2 Å². The molecule has 1 heterocycles. The third-order valence-corrected chi connectivity index (χ3v) is 5.23. The summed E-state index contributed by atoms with van der Waals surface area (Å²) in [6.07, 6.45) is 5.25. The molecule has 2 rings (SSSR count). The Hall–Kier alpha value is -0.860. The molecule has 1 fully saturated rings. The number of rotatable bonds is 9. The number of aliphatic imine (C=N–C) groups is 1. The monoisotopic (exact) mass is 502 g/mol. The molecule has 0 aromatic heterocycles. The average molecular weight is 502 g/mol. The summed E-state index contributed by atoms with van der Waals surface area (Å²) in [7, 11) is 0. The third kappa shape index (κ3) is 10.1. The molecule has 6 heteroatoms. The van der Waals surface area contributed by atoms with Crippen LogP contribution in [0.3, 0.4) is 0 Å². The van der Waals surface area contributed by atoms with E-state index in [2.05, 4.69) is 60.2 Å². The Labute approximate surface area is 188 Å². The van der Waals surface area contributed by atoms with Gasteiger partial charge in [-0.25, -0.2) is 4.99 Å². The number of halogens is 1. The van der Waals surface area contributed by atoms with E-state index in [1.165, 1.54) is 24.0 Å². The lowest BCUT2D eigenvalue weighted by molar-refractivity contribution is 0.0792. The highest BCUT2D eigenvalue weighted by molar-refractivity contribution is 14.0. The van der Waals surface area contributed by atoms with Gasteiger partial charge in [0.2, 0.25) is 0 Å². The summed E-state index contributed by atoms with van der Waals surface area (Å²) in [4.78, 5) is 6.88. The maximum Gasteiger partial charge on any atom is 0.189 e. The molecule has 0 aliphatic carbocycles. The Kier molecular flexibility index (Phi) is 12.0. The van der Waals surface area contributed by atoms with Gasteiger partial charge in [-0.15, -0.1) is 24.0 Å². The average Bonchev–Trinajstić information content (AvgIpc) is 2.63. The number of aliphatic hydroxyl groups is 1. The number of likely N-dealkylation sites (tertiary alicyclic amines) is 1. The van der Waals surface area contributed by atoms with Gasteiger partial charge in [-0.2, -0.15) is 0 Å². The second-order valence-electron chi connectivity index (χ2n) is 8.40. The van der Waals surface area contributed by atoms with E-state index >= 15 is 0 Å². The summed E-state index contributed by atoms with van der Waals surface area (Å²) in [5, 5.41) is 12.9. The number of nitrogens with two attached hydrogens (primary N) is 1. The van der Waals surface area contributed by atoms with Crippen molar-refractivity contribution >= 4 is 29.9 Å². The molecule has 1 unspecified atom stereocenters. The number of guanidine groups is 1. The molecule has 0 bridgehead atoms. The van der Waals surface area contributed by atoms with Crippen molar-refractivity contribution in [3.05, 3.63) is 35.4 Å². The lowest BCUT2D eigenvalue weighted by Crippen LogP contribution is -2.38. The van der Waals surface area contributed by atoms with Gasteiger partial charge in [0.25, 0.3) is 0 Å². The Bertz CT molecular complexity index is 568. The highest BCUT2D eigenvalue weighted by Crippen LogP contribution is 2.14. The van der Waals surface area contributed by atoms with Gasteiger partial charge in [-0.3, -0.25) is 4.90 Å². The van der Waals surface area contributed by atoms with Gasteiger partial charge in [-0.1, -0.05) is 51.0 Å². The molecule has 1 atom stereocenters. The van der Waals surface area contributed by atoms with E-state index in [9.17, 15) is 5.11 Å². The van der Waals surface area contributed by atoms with Crippen LogP contribution >= 0.6 is 24.0 Å². The Morgan fingerprint density at radius 3 is 2.36 bits per heavy atom. The predicted octanol–water partition coefficient (Wildman–Crippen LogP) is 3.88. The zero-order chi connectivity index (χ0) is 19.6. The topological polar surface area (TPSA) is 73.9 Å². The summed E-state index contributed by atoms with van der Waals surface area (Å²) < 4.78 is 0. The molecular formula is C22H39IN4O. The molecule has 0 radical (unpaired) electrons. The molecule has 1 aliphatic heterocycles. The first-order chi connectivity index (χ1) is 12.9. The van der Waals surface area contributed by atoms with Crippen LogP contribution in [0.25, 0.3) is 0 Å². The van der Waals surface area contributed by atoms with Gasteiger partial charge in [0.15, 0.2) is 5.96 Å². The number of nitrogens with zero attached hydrogens (tertiary/aromatic N) is 2. The third-order valence-electron chi connectivity index (χ3n) is 5.23. The van der Waals surface area contributed by atoms with Crippen LogP contribution < -0.4 is 11.1 Å². The van der Waals surface area contributed by atoms with Crippen LogP contribution in [0.15, 0.2) is 29.3 Å². The van der Waals surface area contributed by atoms with Crippen LogP contribution in [0.1, 0.15) is 64.0 Å². The minimum Gasteiger partial charge on any atom is -0.393 e. The first-order valence-corrected chi connectivity index (χ1v) is 10.5. The summed E-state index contributed by atoms with van der Waals surface area (Å²) in [5.41, 5.74) is 8.51. The van der Waals surface area contributed by atoms with Gasteiger partial charge < -0.3 is 16.2 Å². The Morgan fingerprint density at radius 1 is 1.14 bits per heavy atom. The highest BCUT2D eigenvalue weighted by atomic mass is 127. The fourth-order valence-corrected chi connectivity index (χ4v) is 3.46. The number of benzene rings is 1. The number of hydrogen-bond acceptors (Lipinski definition) is 3. The normalized spacial score (nSPS) is 17.4. The molecule has 1 saturated heterocycles. The maximum absolute atomic E-state index is 9.60. The van der Waals surface area contributed by atoms with E-state index in [1.54, 1.807) is 0 Å². The van der Waals surface area contributed by atoms with Crippen LogP contribution in [0.4, 0.5) is 0 Å². The number of aliphatic hydroxyl groups excluding tert-OH is 1. The summed E-state index contributed by atoms with van der Waals surface area (Å²) in [5.74, 6) is 1.29. The Balaban J connectivity index is 0.00000392. The quantitative estimate of drug-likeness (QED) is 0.272. The van der Waals surface area contributed by atoms with Crippen molar-refractivity contribution in [1.82, 2.24) is 10.2 Å². The zero-order valence-electron chi connectivity index (χ0n) is 17.7. The lowest BCUT2D eigenvalue weighted by Gasteiger charge is -2.29. The van der Waals surface area contributed by atoms with Crippen molar-refractivity contribution in [2.75, 3.05) is 13.1 Å². The van der Waals surface area contributed by atoms with Crippen LogP contribution in [0, 0.1) is 5.92 Å². The van der Waals surface area contributed by atoms with E-state index in [0.29, 0.717) is 18.5 Å². The first kappa shape index (κ1) is 25.2. The summed E-state index contributed by atoms with van der Waals surface area (Å²) in [6.45, 7) is 10.2. The van der Waals surface area contributed by atoms with E-state index in [1.807, 2.05) is 0 Å². The van der Waals surface area contributed by atoms with Crippen molar-refractivity contribution in [2.45, 2.75) is 78.1 Å². The van der Waals surface area contributed by atoms with Gasteiger partial charge >= 0.3 is 0 Å². The van der Waals surface area contributed by atoms with Crippen molar-refractivity contribution in [1.29, 1.82) is 0 Å². The van der Waals surface area contributed by atoms with Crippen molar-refractivity contribution < 1.29 is 5.11 Å². The lowest BCUT2D eigenvalue weighted by atomic mass is 10.0. The van der Waals surface area contributed by atoms with E-state index in [0.717, 1.165) is 44.8 Å². The fourth-order valence-electron chi connectivity index (χ4n) is 3.46. The van der Waals surface area contributed by atoms with Crippen LogP contribution in [-0.4, -0.2) is 41.2 Å². The smallest absolute Gasteiger partial charge is 0.189 e. The second-order valence-corrected chi connectivity index (χ2v) is 8.40. The van der Waals surface area contributed by atoms with Crippen molar-refractivity contribution in [2.24, 2.45) is 16.6 Å². The largest absolute Gasteiger partial charge is 0.393 e. The molecule has 0 saturated carbocycles. The molecular weight excluding hydrogens is 463 g/mol. The standard InChI is InChI=1S/C22H38N4O.HI/c1-17(2)5-4-6-18(3)25-22(23)24-15-19-7-9-20(10-8-19)16-26-13-11-21(27)12-14-26;/h7-10,17-18,21,27H,4-6,11-16H2,1-3H3,(H3,23,24,25);1H. The van der Waals surface area contributed by atoms with E-state index in [-0.39, 0.29) is 30.1 Å². The van der Waals surface area contributed by atoms with Gasteiger partial charge in [0, 0.05) is 25.7 Å². The molecule has 1 aromatic rings. The zero-order valence-corrected chi connectivity index (χ0v) is 20.1. The first-order valence-electron chi connectivity index (χ1n) is 10.5. The molecule has 160 valence electrons. The molecule has 1 aromatic carbocycles. The molecule has 1 aliphatic rings. The summed E-state index contributed by atoms with van der Waals surface area (Å²) >= 11 is 0. The minimum absolute atomic E-state index is 0. The van der Waals surface area contributed by atoms with E-state index < -0.39 is 0 Å². The van der Waals surface area contributed by atoms with Crippen molar-refractivity contribution in [3.63, 3.8) is 0 Å². The molecule has 4 N–H and O–H groups in total. The number of nitrogens with one attached hydrogen (secondary N) is 1. The number of hydrogen-bond donors (Lipinski definition) is 3. The van der Waals surface area contributed by atoms with Gasteiger partial charge in [0.05, 0.1) is 12.6 Å². The Morgan fingerprint density at radius 2 is 1.75 bits per heavy atom. The van der Waals surface area contributed by atoms with Crippen molar-refractivity contribution in [3.8, 4) is 0 Å². The SMILES string of the molecule is CC(C)CCCC(C)NC(N)=NCc1ccc(CN2CCC(O)CC2)cc1.I. The highest BCUT2D eigenvalue weighted by Gasteiger charge is 2.16. The molecule has 0 spiro atoms. The van der Waals surface area contributed by atoms with Crippen LogP contribution in [0.2, 0.25) is 0 Å². The second kappa shape index (κ2) is 13.4.